The first-order valence-corrected chi connectivity index (χ1v) is 12.0. The monoisotopic (exact) mass is 435 g/mol. The summed E-state index contributed by atoms with van der Waals surface area (Å²) in [4.78, 5) is 10.9. The van der Waals surface area contributed by atoms with Gasteiger partial charge in [0.05, 0.1) is 17.1 Å². The van der Waals surface area contributed by atoms with Crippen LogP contribution in [-0.2, 0) is 0 Å². The minimum absolute atomic E-state index is 0.932. The molecular formula is C29H45N3. The van der Waals surface area contributed by atoms with E-state index in [0.717, 1.165) is 22.8 Å². The van der Waals surface area contributed by atoms with Crippen LogP contribution in [0.2, 0.25) is 0 Å². The second-order valence-electron chi connectivity index (χ2n) is 5.76. The van der Waals surface area contributed by atoms with Gasteiger partial charge < -0.3 is 4.90 Å². The van der Waals surface area contributed by atoms with Gasteiger partial charge >= 0.3 is 0 Å². The average molecular weight is 436 g/mol. The molecule has 1 aliphatic rings. The van der Waals surface area contributed by atoms with Crippen LogP contribution in [0.15, 0.2) is 82.8 Å². The fourth-order valence-electron chi connectivity index (χ4n) is 2.49. The van der Waals surface area contributed by atoms with Gasteiger partial charge in [0.15, 0.2) is 0 Å². The van der Waals surface area contributed by atoms with Crippen LogP contribution < -0.4 is 4.90 Å². The summed E-state index contributed by atoms with van der Waals surface area (Å²) >= 11 is 0. The minimum atomic E-state index is 0.932. The zero-order chi connectivity index (χ0) is 24.9. The molecule has 2 aromatic carbocycles. The summed E-state index contributed by atoms with van der Waals surface area (Å²) in [7, 11) is 3.86. The van der Waals surface area contributed by atoms with Gasteiger partial charge in [0.25, 0.3) is 0 Å². The van der Waals surface area contributed by atoms with Gasteiger partial charge in [-0.1, -0.05) is 73.1 Å². The van der Waals surface area contributed by atoms with Gasteiger partial charge in [-0.2, -0.15) is 0 Å². The summed E-state index contributed by atoms with van der Waals surface area (Å²) in [6.07, 6.45) is 7.90. The summed E-state index contributed by atoms with van der Waals surface area (Å²) in [5.41, 5.74) is 6.41. The molecule has 0 bridgehead atoms. The fourth-order valence-corrected chi connectivity index (χ4v) is 2.49. The predicted octanol–water partition coefficient (Wildman–Crippen LogP) is 9.14. The van der Waals surface area contributed by atoms with Crippen molar-refractivity contribution in [1.29, 1.82) is 0 Å². The smallest absolute Gasteiger partial charge is 0.0638 e. The molecule has 0 atom stereocenters. The molecule has 0 N–H and O–H groups in total. The molecule has 0 aliphatic heterocycles. The Hall–Kier alpha value is -2.94. The van der Waals surface area contributed by atoms with Gasteiger partial charge in [-0.05, 0) is 67.6 Å². The molecule has 0 aromatic heterocycles. The first-order valence-electron chi connectivity index (χ1n) is 12.0. The highest BCUT2D eigenvalue weighted by atomic mass is 15.1. The number of benzene rings is 2. The number of hydrogen-bond acceptors (Lipinski definition) is 3. The lowest BCUT2D eigenvalue weighted by atomic mass is 10.1. The maximum Gasteiger partial charge on any atom is 0.0638 e. The van der Waals surface area contributed by atoms with Crippen molar-refractivity contribution < 1.29 is 0 Å². The second-order valence-corrected chi connectivity index (χ2v) is 5.76. The van der Waals surface area contributed by atoms with Crippen LogP contribution in [-0.4, -0.2) is 25.5 Å². The Kier molecular flexibility index (Phi) is 19.5. The van der Waals surface area contributed by atoms with E-state index in [2.05, 4.69) is 65.3 Å². The topological polar surface area (TPSA) is 28.0 Å². The van der Waals surface area contributed by atoms with Crippen molar-refractivity contribution in [2.75, 3.05) is 19.0 Å². The van der Waals surface area contributed by atoms with Crippen molar-refractivity contribution in [1.82, 2.24) is 0 Å². The number of aliphatic imine (C=N–C) groups is 2. The van der Waals surface area contributed by atoms with E-state index in [1.54, 1.807) is 7.05 Å². The number of hydrogen-bond donors (Lipinski definition) is 0. The molecule has 176 valence electrons. The summed E-state index contributed by atoms with van der Waals surface area (Å²) in [6, 6.07) is 16.8. The van der Waals surface area contributed by atoms with E-state index in [1.165, 1.54) is 11.3 Å². The summed E-state index contributed by atoms with van der Waals surface area (Å²) < 4.78 is 0. The van der Waals surface area contributed by atoms with Crippen molar-refractivity contribution >= 4 is 28.5 Å². The third-order valence-corrected chi connectivity index (χ3v) is 4.02. The molecule has 0 heterocycles. The van der Waals surface area contributed by atoms with Gasteiger partial charge in [0.1, 0.15) is 0 Å². The van der Waals surface area contributed by atoms with E-state index in [4.69, 9.17) is 0 Å². The first-order chi connectivity index (χ1) is 15.7. The Balaban J connectivity index is 0. The van der Waals surface area contributed by atoms with Gasteiger partial charge in [-0.15, -0.1) is 0 Å². The second kappa shape index (κ2) is 20.0. The van der Waals surface area contributed by atoms with Gasteiger partial charge in [0, 0.05) is 25.5 Å². The van der Waals surface area contributed by atoms with Gasteiger partial charge in [-0.25, -0.2) is 4.99 Å². The van der Waals surface area contributed by atoms with E-state index < -0.39 is 0 Å². The summed E-state index contributed by atoms with van der Waals surface area (Å²) in [5.74, 6) is 0. The molecular weight excluding hydrogens is 390 g/mol. The molecule has 0 saturated heterocycles. The zero-order valence-corrected chi connectivity index (χ0v) is 22.3. The molecule has 0 spiro atoms. The van der Waals surface area contributed by atoms with Crippen LogP contribution in [0.1, 0.15) is 61.0 Å². The molecule has 0 amide bonds. The van der Waals surface area contributed by atoms with Gasteiger partial charge in [0.2, 0.25) is 0 Å². The van der Waals surface area contributed by atoms with Crippen LogP contribution in [0.3, 0.4) is 0 Å². The third-order valence-electron chi connectivity index (χ3n) is 4.02. The molecule has 0 unspecified atom stereocenters. The van der Waals surface area contributed by atoms with E-state index in [-0.39, 0.29) is 0 Å². The standard InChI is InChI=1S/C21H21N3.4C2H6/c1-16-4-12-20(13-5-16)24(3)21-14-10-19(11-15-21)23-18-8-6-17(22-2)7-9-18;4*1-2/h4-15H,1-3H3;4*1-2H3. The molecule has 2 aromatic rings. The number of allylic oxidation sites excluding steroid dienone is 4. The average Bonchev–Trinajstić information content (AvgIpc) is 2.90. The molecule has 32 heavy (non-hydrogen) atoms. The molecule has 0 saturated carbocycles. The number of aryl methyl sites for hydroxylation is 1. The van der Waals surface area contributed by atoms with Gasteiger partial charge in [-0.3, -0.25) is 4.99 Å². The fraction of sp³-hybridized carbons (Fsp3) is 0.379. The Morgan fingerprint density at radius 2 is 0.938 bits per heavy atom. The highest BCUT2D eigenvalue weighted by molar-refractivity contribution is 6.18. The molecule has 3 rings (SSSR count). The predicted molar refractivity (Wildman–Crippen MR) is 150 cm³/mol. The Bertz CT molecular complexity index is 806. The third kappa shape index (κ3) is 10.9. The highest BCUT2D eigenvalue weighted by Gasteiger charge is 2.04. The van der Waals surface area contributed by atoms with Crippen LogP contribution in [0, 0.1) is 6.92 Å². The molecule has 0 fully saturated rings. The van der Waals surface area contributed by atoms with E-state index in [9.17, 15) is 0 Å². The Morgan fingerprint density at radius 3 is 1.34 bits per heavy atom. The van der Waals surface area contributed by atoms with Crippen LogP contribution in [0.4, 0.5) is 17.1 Å². The minimum Gasteiger partial charge on any atom is -0.345 e. The van der Waals surface area contributed by atoms with E-state index in [1.807, 2.05) is 91.8 Å². The van der Waals surface area contributed by atoms with E-state index in [0.29, 0.717) is 0 Å². The first kappa shape index (κ1) is 31.2. The SMILES string of the molecule is CC.CC.CC.CC.CN=C1C=CC(=Nc2ccc(N(C)c3ccc(C)cc3)cc2)C=C1. The van der Waals surface area contributed by atoms with Crippen molar-refractivity contribution in [3.8, 4) is 0 Å². The molecule has 3 heteroatoms. The highest BCUT2D eigenvalue weighted by Crippen LogP contribution is 2.26. The van der Waals surface area contributed by atoms with Crippen molar-refractivity contribution in [3.63, 3.8) is 0 Å². The molecule has 3 nitrogen and oxygen atoms in total. The van der Waals surface area contributed by atoms with E-state index >= 15 is 0 Å². The zero-order valence-electron chi connectivity index (χ0n) is 22.3. The lowest BCUT2D eigenvalue weighted by Gasteiger charge is -2.19. The maximum atomic E-state index is 4.64. The largest absolute Gasteiger partial charge is 0.345 e. The number of anilines is 2. The number of nitrogens with zero attached hydrogens (tertiary/aromatic N) is 3. The lowest BCUT2D eigenvalue weighted by molar-refractivity contribution is 1.20. The normalized spacial score (nSPS) is 10.6. The Labute approximate surface area is 198 Å². The van der Waals surface area contributed by atoms with Crippen LogP contribution >= 0.6 is 0 Å². The quantitative estimate of drug-likeness (QED) is 0.442. The summed E-state index contributed by atoms with van der Waals surface area (Å²) in [5, 5.41) is 0. The summed E-state index contributed by atoms with van der Waals surface area (Å²) in [6.45, 7) is 18.1. The molecule has 0 radical (unpaired) electrons. The lowest BCUT2D eigenvalue weighted by Crippen LogP contribution is -2.08. The number of rotatable bonds is 3. The maximum absolute atomic E-state index is 4.64. The Morgan fingerprint density at radius 1 is 0.562 bits per heavy atom. The van der Waals surface area contributed by atoms with Crippen molar-refractivity contribution in [2.24, 2.45) is 9.98 Å². The van der Waals surface area contributed by atoms with Crippen molar-refractivity contribution in [3.05, 3.63) is 78.4 Å². The van der Waals surface area contributed by atoms with Crippen LogP contribution in [0.5, 0.6) is 0 Å². The molecule has 1 aliphatic carbocycles. The van der Waals surface area contributed by atoms with Crippen LogP contribution in [0.25, 0.3) is 0 Å². The van der Waals surface area contributed by atoms with Crippen molar-refractivity contribution in [2.45, 2.75) is 62.3 Å².